The average molecular weight is 225 g/mol. The maximum absolute atomic E-state index is 11.4. The van der Waals surface area contributed by atoms with Gasteiger partial charge in [-0.2, -0.15) is 5.16 Å². The van der Waals surface area contributed by atoms with Crippen LogP contribution in [0, 0.1) is 0 Å². The van der Waals surface area contributed by atoms with Gasteiger partial charge in [0.1, 0.15) is 0 Å². The van der Waals surface area contributed by atoms with Crippen LogP contribution in [-0.2, 0) is 5.41 Å². The van der Waals surface area contributed by atoms with Crippen LogP contribution in [0.5, 0.6) is 0 Å². The highest BCUT2D eigenvalue weighted by atomic mass is 32.1. The van der Waals surface area contributed by atoms with Crippen LogP contribution in [0.25, 0.3) is 10.4 Å². The third kappa shape index (κ3) is 1.63. The zero-order valence-electron chi connectivity index (χ0n) is 8.71. The van der Waals surface area contributed by atoms with Gasteiger partial charge in [-0.25, -0.2) is 0 Å². The summed E-state index contributed by atoms with van der Waals surface area (Å²) in [6.07, 6.45) is 0. The molecule has 2 aliphatic heterocycles. The normalized spacial score (nSPS) is 12.2. The Bertz CT molecular complexity index is 570. The van der Waals surface area contributed by atoms with Gasteiger partial charge in [-0.15, -0.1) is 0 Å². The van der Waals surface area contributed by atoms with E-state index in [0.717, 1.165) is 11.3 Å². The number of hydrogen-bond acceptors (Lipinski definition) is 4. The summed E-state index contributed by atoms with van der Waals surface area (Å²) in [6, 6.07) is 1.35. The highest BCUT2D eigenvalue weighted by molar-refractivity contribution is 7.13. The van der Waals surface area contributed by atoms with Crippen LogP contribution in [0.15, 0.2) is 20.2 Å². The summed E-state index contributed by atoms with van der Waals surface area (Å²) in [4.78, 5) is 23.3. The van der Waals surface area contributed by atoms with E-state index in [4.69, 9.17) is 4.52 Å². The van der Waals surface area contributed by atoms with E-state index in [1.54, 1.807) is 0 Å². The predicted molar refractivity (Wildman–Crippen MR) is 58.8 cm³/mol. The van der Waals surface area contributed by atoms with Crippen LogP contribution in [0.1, 0.15) is 26.5 Å². The van der Waals surface area contributed by atoms with Crippen molar-refractivity contribution in [3.05, 3.63) is 31.7 Å². The first-order valence-electron chi connectivity index (χ1n) is 4.55. The van der Waals surface area contributed by atoms with Gasteiger partial charge in [0, 0.05) is 11.5 Å². The lowest BCUT2D eigenvalue weighted by Gasteiger charge is -2.18. The summed E-state index contributed by atoms with van der Waals surface area (Å²) in [5.74, 6) is 0.643. The minimum absolute atomic E-state index is 0.123. The molecule has 0 aromatic rings. The van der Waals surface area contributed by atoms with Crippen LogP contribution in [-0.4, -0.2) is 5.16 Å². The molecular formula is C10H11NO3S. The lowest BCUT2D eigenvalue weighted by Crippen LogP contribution is -2.18. The number of thiophene rings is 1. The Morgan fingerprint density at radius 3 is 2.60 bits per heavy atom. The van der Waals surface area contributed by atoms with E-state index < -0.39 is 0 Å². The highest BCUT2D eigenvalue weighted by Crippen LogP contribution is 2.33. The number of fused-ring (bicyclic) bond motifs is 1. The van der Waals surface area contributed by atoms with Gasteiger partial charge in [0.05, 0.1) is 10.4 Å². The molecule has 0 aliphatic carbocycles. The number of aromatic nitrogens is 1. The summed E-state index contributed by atoms with van der Waals surface area (Å²) < 4.78 is 5.06. The van der Waals surface area contributed by atoms with Gasteiger partial charge < -0.3 is 4.52 Å². The first-order valence-corrected chi connectivity index (χ1v) is 5.37. The van der Waals surface area contributed by atoms with Gasteiger partial charge >= 0.3 is 0 Å². The van der Waals surface area contributed by atoms with E-state index in [1.807, 2.05) is 20.8 Å². The molecule has 15 heavy (non-hydrogen) atoms. The second-order valence-corrected chi connectivity index (χ2v) is 5.44. The van der Waals surface area contributed by atoms with Crippen molar-refractivity contribution < 1.29 is 4.52 Å². The molecule has 2 aliphatic rings. The molecule has 0 saturated carbocycles. The van der Waals surface area contributed by atoms with E-state index in [1.165, 1.54) is 6.07 Å². The van der Waals surface area contributed by atoms with Crippen molar-refractivity contribution >= 4 is 11.3 Å². The van der Waals surface area contributed by atoms with Crippen molar-refractivity contribution in [2.45, 2.75) is 26.2 Å². The highest BCUT2D eigenvalue weighted by Gasteiger charge is 2.27. The first-order chi connectivity index (χ1) is 6.89. The predicted octanol–water partition coefficient (Wildman–Crippen LogP) is 1.79. The zero-order valence-corrected chi connectivity index (χ0v) is 9.53. The Kier molecular flexibility index (Phi) is 2.08. The maximum atomic E-state index is 11.4. The Morgan fingerprint density at radius 1 is 1.33 bits per heavy atom. The van der Waals surface area contributed by atoms with Crippen LogP contribution in [0.2, 0.25) is 0 Å². The molecule has 0 fully saturated rings. The van der Waals surface area contributed by atoms with Gasteiger partial charge in [-0.1, -0.05) is 32.1 Å². The quantitative estimate of drug-likeness (QED) is 0.743. The van der Waals surface area contributed by atoms with E-state index in [-0.39, 0.29) is 15.7 Å². The molecule has 0 bridgehead atoms. The second-order valence-electron chi connectivity index (χ2n) is 4.42. The third-order valence-electron chi connectivity index (χ3n) is 2.09. The summed E-state index contributed by atoms with van der Waals surface area (Å²) in [7, 11) is 0. The second kappa shape index (κ2) is 3.06. The summed E-state index contributed by atoms with van der Waals surface area (Å²) in [6.45, 7) is 5.90. The van der Waals surface area contributed by atoms with Gasteiger partial charge in [-0.05, 0) is 0 Å². The maximum Gasteiger partial charge on any atom is 0.285 e. The molecule has 2 rings (SSSR count). The fraction of sp³-hybridized carbons (Fsp3) is 0.400. The number of nitrogens with one attached hydrogen (secondary N) is 1. The van der Waals surface area contributed by atoms with Crippen molar-refractivity contribution in [2.75, 3.05) is 0 Å². The topological polar surface area (TPSA) is 63.1 Å². The lowest BCUT2D eigenvalue weighted by molar-refractivity contribution is 0.307. The van der Waals surface area contributed by atoms with Gasteiger partial charge in [0.25, 0.3) is 5.56 Å². The largest absolute Gasteiger partial charge is 0.382 e. The number of hydrogen-bond donors (Lipinski definition) is 1. The fourth-order valence-corrected chi connectivity index (χ4v) is 2.48. The molecule has 0 amide bonds. The molecule has 0 spiro atoms. The van der Waals surface area contributed by atoms with Crippen LogP contribution < -0.4 is 10.3 Å². The van der Waals surface area contributed by atoms with Crippen LogP contribution >= 0.6 is 11.3 Å². The van der Waals surface area contributed by atoms with Gasteiger partial charge in [-0.3, -0.25) is 9.59 Å². The molecule has 0 saturated heterocycles. The van der Waals surface area contributed by atoms with E-state index in [2.05, 4.69) is 5.16 Å². The molecule has 5 heteroatoms. The molecular weight excluding hydrogens is 214 g/mol. The Labute approximate surface area is 89.9 Å². The molecule has 0 unspecified atom stereocenters. The smallest absolute Gasteiger partial charge is 0.285 e. The number of rotatable bonds is 0. The van der Waals surface area contributed by atoms with Gasteiger partial charge in [0.15, 0.2) is 5.76 Å². The van der Waals surface area contributed by atoms with Crippen molar-refractivity contribution in [1.29, 1.82) is 0 Å². The van der Waals surface area contributed by atoms with Crippen LogP contribution in [0.4, 0.5) is 0 Å². The van der Waals surface area contributed by atoms with E-state index >= 15 is 0 Å². The molecule has 4 nitrogen and oxygen atoms in total. The van der Waals surface area contributed by atoms with E-state index in [9.17, 15) is 9.59 Å². The number of H-pyrrole nitrogens is 1. The molecule has 0 aromatic carbocycles. The van der Waals surface area contributed by atoms with Crippen molar-refractivity contribution in [3.8, 4) is 10.4 Å². The monoisotopic (exact) mass is 225 g/mol. The minimum atomic E-state index is -0.351. The molecule has 80 valence electrons. The molecule has 0 aromatic heterocycles. The molecule has 0 radical (unpaired) electrons. The first kappa shape index (κ1) is 10.2. The summed E-state index contributed by atoms with van der Waals surface area (Å²) >= 11 is 1.05. The summed E-state index contributed by atoms with van der Waals surface area (Å²) in [5, 5.41) is 2.30. The van der Waals surface area contributed by atoms with Crippen molar-refractivity contribution in [3.63, 3.8) is 0 Å². The minimum Gasteiger partial charge on any atom is -0.382 e. The molecule has 1 N–H and O–H groups in total. The standard InChI is InChI=1S/C10H11NO3S/c1-10(2,3)8-7-5(4-6(12)15-7)9(13)11-14-8/h4H,1-3H3,(H,11,13). The average Bonchev–Trinajstić information content (AvgIpc) is 2.45. The number of aromatic amines is 1. The van der Waals surface area contributed by atoms with Gasteiger partial charge in [0.2, 0.25) is 4.74 Å². The zero-order chi connectivity index (χ0) is 11.2. The summed E-state index contributed by atoms with van der Waals surface area (Å²) in [5.41, 5.74) is -0.169. The molecule has 2 heterocycles. The van der Waals surface area contributed by atoms with Crippen LogP contribution in [0.3, 0.4) is 0 Å². The van der Waals surface area contributed by atoms with Crippen molar-refractivity contribution in [1.82, 2.24) is 5.16 Å². The Balaban J connectivity index is 2.86. The third-order valence-corrected chi connectivity index (χ3v) is 3.02. The fourth-order valence-electron chi connectivity index (χ4n) is 1.40. The Morgan fingerprint density at radius 2 is 2.00 bits per heavy atom. The lowest BCUT2D eigenvalue weighted by atomic mass is 9.91. The molecule has 0 atom stereocenters. The Hall–Kier alpha value is -1.36. The SMILES string of the molecule is CC(C)(C)c1o[nH]c(=O)c2cc(=O)sc1-2. The van der Waals surface area contributed by atoms with Crippen molar-refractivity contribution in [2.24, 2.45) is 0 Å². The van der Waals surface area contributed by atoms with E-state index in [0.29, 0.717) is 16.2 Å².